The van der Waals surface area contributed by atoms with Gasteiger partial charge in [-0.05, 0) is 30.9 Å². The zero-order valence-corrected chi connectivity index (χ0v) is 24.8. The van der Waals surface area contributed by atoms with Crippen LogP contribution in [0.5, 0.6) is 5.75 Å². The van der Waals surface area contributed by atoms with Crippen LogP contribution < -0.4 is 4.74 Å². The predicted octanol–water partition coefficient (Wildman–Crippen LogP) is 8.52. The van der Waals surface area contributed by atoms with Crippen molar-refractivity contribution in [3.8, 4) is 5.75 Å². The molecule has 1 atom stereocenters. The molecule has 2 aromatic carbocycles. The fourth-order valence-corrected chi connectivity index (χ4v) is 4.85. The van der Waals surface area contributed by atoms with E-state index in [2.05, 4.69) is 70.4 Å². The number of esters is 1. The lowest BCUT2D eigenvalue weighted by Crippen LogP contribution is -2.40. The van der Waals surface area contributed by atoms with Crippen molar-refractivity contribution >= 4 is 5.97 Å². The Labute approximate surface area is 233 Å². The van der Waals surface area contributed by atoms with Crippen molar-refractivity contribution in [2.75, 3.05) is 27.2 Å². The average molecular weight is 525 g/mol. The van der Waals surface area contributed by atoms with Gasteiger partial charge in [0.15, 0.2) is 0 Å². The van der Waals surface area contributed by atoms with Crippen LogP contribution in [-0.2, 0) is 22.5 Å². The van der Waals surface area contributed by atoms with E-state index in [-0.39, 0.29) is 12.1 Å². The minimum Gasteiger partial charge on any atom is -0.487 e. The number of hydrogen-bond donors (Lipinski definition) is 0. The van der Waals surface area contributed by atoms with Crippen LogP contribution in [0.1, 0.15) is 102 Å². The molecule has 1 unspecified atom stereocenters. The van der Waals surface area contributed by atoms with Crippen LogP contribution in [0.4, 0.5) is 0 Å². The molecule has 212 valence electrons. The molecule has 0 aliphatic heterocycles. The summed E-state index contributed by atoms with van der Waals surface area (Å²) in [7, 11) is 4.31. The highest BCUT2D eigenvalue weighted by atomic mass is 16.6. The lowest BCUT2D eigenvalue weighted by atomic mass is 10.0. The first-order valence-corrected chi connectivity index (χ1v) is 15.2. The molecule has 0 fully saturated rings. The molecule has 38 heavy (non-hydrogen) atoms. The van der Waals surface area contributed by atoms with E-state index in [0.717, 1.165) is 36.2 Å². The summed E-state index contributed by atoms with van der Waals surface area (Å²) < 4.78 is 12.7. The van der Waals surface area contributed by atoms with Gasteiger partial charge in [0.2, 0.25) is 0 Å². The number of carbonyl (C=O) groups excluding carboxylic acids is 1. The Balaban J connectivity index is 1.68. The SMILES string of the molecule is CCCCCCCCCCCCc1ccccc1OC(CC)COC(=O)CC[N+](C)(C)Cc1ccccc1. The highest BCUT2D eigenvalue weighted by Gasteiger charge is 2.20. The molecule has 4 nitrogen and oxygen atoms in total. The van der Waals surface area contributed by atoms with Crippen molar-refractivity contribution in [2.24, 2.45) is 0 Å². The van der Waals surface area contributed by atoms with Crippen LogP contribution in [0, 0.1) is 0 Å². The summed E-state index contributed by atoms with van der Waals surface area (Å²) in [5.41, 5.74) is 2.54. The summed E-state index contributed by atoms with van der Waals surface area (Å²) in [4.78, 5) is 12.5. The number of rotatable bonds is 21. The number of carbonyl (C=O) groups is 1. The molecule has 0 aliphatic rings. The fraction of sp³-hybridized carbons (Fsp3) is 0.618. The van der Waals surface area contributed by atoms with Crippen LogP contribution in [0.2, 0.25) is 0 Å². The van der Waals surface area contributed by atoms with Crippen LogP contribution in [0.15, 0.2) is 54.6 Å². The standard InChI is InChI=1S/C34H54NO3/c1-5-7-8-9-10-11-12-13-14-18-23-31-24-19-20-25-33(31)38-32(6-2)29-37-34(36)26-27-35(3,4)28-30-21-16-15-17-22-30/h15-17,19-22,24-25,32H,5-14,18,23,26-29H2,1-4H3/q+1. The Morgan fingerprint density at radius 3 is 2.05 bits per heavy atom. The molecular formula is C34H54NO3+. The van der Waals surface area contributed by atoms with Crippen LogP contribution in [-0.4, -0.2) is 43.8 Å². The second-order valence-electron chi connectivity index (χ2n) is 11.4. The summed E-state index contributed by atoms with van der Waals surface area (Å²) in [5.74, 6) is 0.789. The minimum atomic E-state index is -0.148. The van der Waals surface area contributed by atoms with E-state index in [1.807, 2.05) is 12.1 Å². The third-order valence-electron chi connectivity index (χ3n) is 7.33. The van der Waals surface area contributed by atoms with Crippen molar-refractivity contribution < 1.29 is 18.8 Å². The molecule has 0 bridgehead atoms. The number of para-hydroxylation sites is 1. The van der Waals surface area contributed by atoms with Gasteiger partial charge in [0, 0.05) is 5.56 Å². The van der Waals surface area contributed by atoms with Gasteiger partial charge in [-0.25, -0.2) is 0 Å². The molecule has 0 aliphatic carbocycles. The Morgan fingerprint density at radius 2 is 1.39 bits per heavy atom. The monoisotopic (exact) mass is 524 g/mol. The highest BCUT2D eigenvalue weighted by Crippen LogP contribution is 2.23. The smallest absolute Gasteiger partial charge is 0.311 e. The highest BCUT2D eigenvalue weighted by molar-refractivity contribution is 5.69. The van der Waals surface area contributed by atoms with E-state index < -0.39 is 0 Å². The Kier molecular flexibility index (Phi) is 15.8. The molecule has 4 heteroatoms. The Bertz CT molecular complexity index is 880. The first-order chi connectivity index (χ1) is 18.4. The topological polar surface area (TPSA) is 35.5 Å². The third kappa shape index (κ3) is 14.0. The Hall–Kier alpha value is -2.33. The van der Waals surface area contributed by atoms with Gasteiger partial charge in [-0.2, -0.15) is 0 Å². The van der Waals surface area contributed by atoms with Crippen molar-refractivity contribution in [3.63, 3.8) is 0 Å². The zero-order valence-electron chi connectivity index (χ0n) is 24.8. The number of quaternary nitrogens is 1. The van der Waals surface area contributed by atoms with Crippen LogP contribution in [0.3, 0.4) is 0 Å². The number of hydrogen-bond acceptors (Lipinski definition) is 3. The third-order valence-corrected chi connectivity index (χ3v) is 7.33. The van der Waals surface area contributed by atoms with Crippen molar-refractivity contribution in [1.82, 2.24) is 0 Å². The van der Waals surface area contributed by atoms with E-state index in [1.54, 1.807) is 0 Å². The van der Waals surface area contributed by atoms with E-state index in [9.17, 15) is 4.79 Å². The number of unbranched alkanes of at least 4 members (excludes halogenated alkanes) is 9. The molecule has 0 saturated heterocycles. The maximum atomic E-state index is 12.5. The first-order valence-electron chi connectivity index (χ1n) is 15.2. The molecular weight excluding hydrogens is 470 g/mol. The molecule has 0 amide bonds. The summed E-state index contributed by atoms with van der Waals surface area (Å²) >= 11 is 0. The largest absolute Gasteiger partial charge is 0.487 e. The number of ether oxygens (including phenoxy) is 2. The molecule has 2 rings (SSSR count). The van der Waals surface area contributed by atoms with Gasteiger partial charge in [0.1, 0.15) is 25.0 Å². The molecule has 0 saturated carbocycles. The van der Waals surface area contributed by atoms with Crippen molar-refractivity contribution in [2.45, 2.75) is 110 Å². The van der Waals surface area contributed by atoms with E-state index in [0.29, 0.717) is 13.0 Å². The van der Waals surface area contributed by atoms with Gasteiger partial charge in [-0.1, -0.05) is 120 Å². The summed E-state index contributed by atoms with van der Waals surface area (Å²) in [6.07, 6.45) is 15.6. The maximum absolute atomic E-state index is 12.5. The summed E-state index contributed by atoms with van der Waals surface area (Å²) in [5, 5.41) is 0. The molecule has 0 N–H and O–H groups in total. The average Bonchev–Trinajstić information content (AvgIpc) is 2.92. The normalized spacial score (nSPS) is 12.3. The number of aryl methyl sites for hydroxylation is 1. The van der Waals surface area contributed by atoms with Gasteiger partial charge in [0.05, 0.1) is 27.1 Å². The van der Waals surface area contributed by atoms with E-state index in [1.165, 1.54) is 75.3 Å². The first kappa shape index (κ1) is 31.9. The van der Waals surface area contributed by atoms with E-state index >= 15 is 0 Å². The van der Waals surface area contributed by atoms with Crippen molar-refractivity contribution in [3.05, 3.63) is 65.7 Å². The second kappa shape index (κ2) is 18.8. The quantitative estimate of drug-likeness (QED) is 0.0932. The molecule has 2 aromatic rings. The lowest BCUT2D eigenvalue weighted by Gasteiger charge is -2.29. The maximum Gasteiger partial charge on any atom is 0.311 e. The van der Waals surface area contributed by atoms with Gasteiger partial charge < -0.3 is 14.0 Å². The summed E-state index contributed by atoms with van der Waals surface area (Å²) in [6, 6.07) is 18.8. The van der Waals surface area contributed by atoms with Gasteiger partial charge in [0.25, 0.3) is 0 Å². The van der Waals surface area contributed by atoms with E-state index in [4.69, 9.17) is 9.47 Å². The van der Waals surface area contributed by atoms with Crippen LogP contribution in [0.25, 0.3) is 0 Å². The molecule has 0 spiro atoms. The van der Waals surface area contributed by atoms with Gasteiger partial charge in [-0.15, -0.1) is 0 Å². The number of nitrogens with zero attached hydrogens (tertiary/aromatic N) is 1. The Morgan fingerprint density at radius 1 is 0.789 bits per heavy atom. The second-order valence-corrected chi connectivity index (χ2v) is 11.4. The predicted molar refractivity (Wildman–Crippen MR) is 159 cm³/mol. The summed E-state index contributed by atoms with van der Waals surface area (Å²) in [6.45, 7) is 6.30. The zero-order chi connectivity index (χ0) is 27.5. The van der Waals surface area contributed by atoms with Crippen molar-refractivity contribution in [1.29, 1.82) is 0 Å². The number of benzene rings is 2. The fourth-order valence-electron chi connectivity index (χ4n) is 4.85. The van der Waals surface area contributed by atoms with Crippen LogP contribution >= 0.6 is 0 Å². The van der Waals surface area contributed by atoms with Gasteiger partial charge in [-0.3, -0.25) is 4.79 Å². The molecule has 0 heterocycles. The van der Waals surface area contributed by atoms with Gasteiger partial charge >= 0.3 is 5.97 Å². The molecule has 0 aromatic heterocycles. The minimum absolute atomic E-state index is 0.125. The lowest BCUT2D eigenvalue weighted by molar-refractivity contribution is -0.903. The molecule has 0 radical (unpaired) electrons.